The van der Waals surface area contributed by atoms with Gasteiger partial charge in [0, 0.05) is 23.8 Å². The van der Waals surface area contributed by atoms with Crippen LogP contribution >= 0.6 is 11.6 Å². The number of nitrogens with one attached hydrogen (secondary N) is 2. The molecule has 1 aliphatic rings. The molecule has 0 aliphatic heterocycles. The largest absolute Gasteiger partial charge is 0.366 e. The fourth-order valence-corrected chi connectivity index (χ4v) is 3.67. The number of benzene rings is 1. The third kappa shape index (κ3) is 4.06. The van der Waals surface area contributed by atoms with E-state index in [1.807, 2.05) is 30.3 Å². The van der Waals surface area contributed by atoms with Gasteiger partial charge in [-0.05, 0) is 30.5 Å². The van der Waals surface area contributed by atoms with Crippen molar-refractivity contribution >= 4 is 29.0 Å². The Morgan fingerprint density at radius 3 is 2.81 bits per heavy atom. The SMILES string of the molecule is O=C(NC1CCCCC1)c1cnn2ccc(NCc3ccccc3Cl)nc12. The molecule has 1 saturated carbocycles. The molecule has 0 spiro atoms. The third-order valence-electron chi connectivity index (χ3n) is 4.97. The summed E-state index contributed by atoms with van der Waals surface area (Å²) in [4.78, 5) is 17.3. The van der Waals surface area contributed by atoms with Crippen LogP contribution in [-0.4, -0.2) is 26.5 Å². The highest BCUT2D eigenvalue weighted by Gasteiger charge is 2.20. The number of hydrogen-bond donors (Lipinski definition) is 2. The summed E-state index contributed by atoms with van der Waals surface area (Å²) in [6, 6.07) is 9.77. The zero-order valence-corrected chi connectivity index (χ0v) is 15.7. The van der Waals surface area contributed by atoms with Crippen molar-refractivity contribution < 1.29 is 4.79 Å². The van der Waals surface area contributed by atoms with Crippen LogP contribution in [0.4, 0.5) is 5.82 Å². The van der Waals surface area contributed by atoms with Crippen LogP contribution in [0.2, 0.25) is 5.02 Å². The highest BCUT2D eigenvalue weighted by molar-refractivity contribution is 6.31. The monoisotopic (exact) mass is 383 g/mol. The Hall–Kier alpha value is -2.60. The molecule has 4 rings (SSSR count). The summed E-state index contributed by atoms with van der Waals surface area (Å²) in [6.07, 6.45) is 9.08. The van der Waals surface area contributed by atoms with Crippen LogP contribution in [0.3, 0.4) is 0 Å². The van der Waals surface area contributed by atoms with Crippen LogP contribution in [0.1, 0.15) is 48.0 Å². The zero-order chi connectivity index (χ0) is 18.6. The Balaban J connectivity index is 1.50. The molecule has 0 radical (unpaired) electrons. The number of amides is 1. The van der Waals surface area contributed by atoms with Crippen molar-refractivity contribution in [2.45, 2.75) is 44.7 Å². The summed E-state index contributed by atoms with van der Waals surface area (Å²) in [6.45, 7) is 0.556. The van der Waals surface area contributed by atoms with E-state index in [1.54, 1.807) is 16.9 Å². The zero-order valence-electron chi connectivity index (χ0n) is 15.0. The van der Waals surface area contributed by atoms with Gasteiger partial charge in [-0.3, -0.25) is 4.79 Å². The first-order valence-corrected chi connectivity index (χ1v) is 9.71. The van der Waals surface area contributed by atoms with E-state index in [1.165, 1.54) is 19.3 Å². The Morgan fingerprint density at radius 1 is 1.19 bits per heavy atom. The maximum Gasteiger partial charge on any atom is 0.256 e. The van der Waals surface area contributed by atoms with Crippen LogP contribution in [0.25, 0.3) is 5.65 Å². The number of fused-ring (bicyclic) bond motifs is 1. The standard InChI is InChI=1S/C20H22ClN5O/c21-17-9-5-4-6-14(17)12-22-18-10-11-26-19(25-18)16(13-23-26)20(27)24-15-7-2-1-3-8-15/h4-6,9-11,13,15H,1-3,7-8,12H2,(H,22,25)(H,24,27). The smallest absolute Gasteiger partial charge is 0.256 e. The molecule has 140 valence electrons. The molecule has 27 heavy (non-hydrogen) atoms. The molecule has 1 fully saturated rings. The van der Waals surface area contributed by atoms with Gasteiger partial charge in [0.25, 0.3) is 5.91 Å². The number of halogens is 1. The van der Waals surface area contributed by atoms with Crippen molar-refractivity contribution in [3.05, 3.63) is 58.9 Å². The van der Waals surface area contributed by atoms with Crippen molar-refractivity contribution in [3.8, 4) is 0 Å². The van der Waals surface area contributed by atoms with Gasteiger partial charge in [-0.1, -0.05) is 49.1 Å². The first kappa shape index (κ1) is 17.8. The van der Waals surface area contributed by atoms with Crippen LogP contribution in [0.5, 0.6) is 0 Å². The van der Waals surface area contributed by atoms with Crippen molar-refractivity contribution in [2.75, 3.05) is 5.32 Å². The number of anilines is 1. The number of rotatable bonds is 5. The number of aromatic nitrogens is 3. The van der Waals surface area contributed by atoms with E-state index in [2.05, 4.69) is 20.7 Å². The minimum atomic E-state index is -0.104. The molecule has 2 N–H and O–H groups in total. The molecule has 0 saturated heterocycles. The van der Waals surface area contributed by atoms with E-state index < -0.39 is 0 Å². The Kier molecular flexibility index (Phi) is 5.25. The number of nitrogens with zero attached hydrogens (tertiary/aromatic N) is 3. The van der Waals surface area contributed by atoms with Gasteiger partial charge < -0.3 is 10.6 Å². The van der Waals surface area contributed by atoms with Crippen LogP contribution < -0.4 is 10.6 Å². The van der Waals surface area contributed by atoms with Crippen molar-refractivity contribution in [1.29, 1.82) is 0 Å². The quantitative estimate of drug-likeness (QED) is 0.697. The van der Waals surface area contributed by atoms with E-state index in [0.717, 1.165) is 18.4 Å². The molecule has 1 amide bonds. The second kappa shape index (κ2) is 7.96. The van der Waals surface area contributed by atoms with E-state index in [9.17, 15) is 4.79 Å². The minimum Gasteiger partial charge on any atom is -0.366 e. The fourth-order valence-electron chi connectivity index (χ4n) is 3.47. The number of carbonyl (C=O) groups excluding carboxylic acids is 1. The molecule has 2 aromatic heterocycles. The molecule has 2 heterocycles. The molecule has 1 aliphatic carbocycles. The fraction of sp³-hybridized carbons (Fsp3) is 0.350. The highest BCUT2D eigenvalue weighted by atomic mass is 35.5. The predicted octanol–water partition coefficient (Wildman–Crippen LogP) is 4.06. The van der Waals surface area contributed by atoms with E-state index in [-0.39, 0.29) is 11.9 Å². The van der Waals surface area contributed by atoms with Gasteiger partial charge in [0.1, 0.15) is 11.4 Å². The molecular weight excluding hydrogens is 362 g/mol. The molecule has 6 nitrogen and oxygen atoms in total. The first-order valence-electron chi connectivity index (χ1n) is 9.33. The van der Waals surface area contributed by atoms with Gasteiger partial charge in [-0.25, -0.2) is 9.50 Å². The van der Waals surface area contributed by atoms with Gasteiger partial charge in [0.05, 0.1) is 6.20 Å². The second-order valence-corrected chi connectivity index (χ2v) is 7.30. The highest BCUT2D eigenvalue weighted by Crippen LogP contribution is 2.20. The first-order chi connectivity index (χ1) is 13.2. The Morgan fingerprint density at radius 2 is 2.00 bits per heavy atom. The average Bonchev–Trinajstić information content (AvgIpc) is 3.11. The topological polar surface area (TPSA) is 71.3 Å². The molecule has 0 atom stereocenters. The second-order valence-electron chi connectivity index (χ2n) is 6.89. The lowest BCUT2D eigenvalue weighted by Crippen LogP contribution is -2.36. The Labute approximate surface area is 162 Å². The van der Waals surface area contributed by atoms with E-state index in [4.69, 9.17) is 11.6 Å². The van der Waals surface area contributed by atoms with E-state index in [0.29, 0.717) is 28.6 Å². The lowest BCUT2D eigenvalue weighted by molar-refractivity contribution is 0.0929. The summed E-state index contributed by atoms with van der Waals surface area (Å²) < 4.78 is 1.62. The lowest BCUT2D eigenvalue weighted by atomic mass is 9.95. The van der Waals surface area contributed by atoms with Crippen LogP contribution in [0.15, 0.2) is 42.7 Å². The molecule has 0 unspecified atom stereocenters. The minimum absolute atomic E-state index is 0.104. The molecular formula is C20H22ClN5O. The number of hydrogen-bond acceptors (Lipinski definition) is 4. The van der Waals surface area contributed by atoms with Gasteiger partial charge >= 0.3 is 0 Å². The maximum atomic E-state index is 12.7. The van der Waals surface area contributed by atoms with Crippen molar-refractivity contribution in [2.24, 2.45) is 0 Å². The normalized spacial score (nSPS) is 15.0. The predicted molar refractivity (Wildman–Crippen MR) is 106 cm³/mol. The summed E-state index contributed by atoms with van der Waals surface area (Å²) in [7, 11) is 0. The average molecular weight is 384 g/mol. The summed E-state index contributed by atoms with van der Waals surface area (Å²) in [5, 5.41) is 11.4. The van der Waals surface area contributed by atoms with Crippen LogP contribution in [0, 0.1) is 0 Å². The number of carbonyl (C=O) groups is 1. The molecule has 0 bridgehead atoms. The molecule has 3 aromatic rings. The summed E-state index contributed by atoms with van der Waals surface area (Å²) in [5.74, 6) is 0.572. The van der Waals surface area contributed by atoms with Crippen molar-refractivity contribution in [1.82, 2.24) is 19.9 Å². The van der Waals surface area contributed by atoms with Gasteiger partial charge in [-0.15, -0.1) is 0 Å². The van der Waals surface area contributed by atoms with Gasteiger partial charge in [0.15, 0.2) is 5.65 Å². The lowest BCUT2D eigenvalue weighted by Gasteiger charge is -2.22. The summed E-state index contributed by atoms with van der Waals surface area (Å²) >= 11 is 6.20. The van der Waals surface area contributed by atoms with E-state index >= 15 is 0 Å². The van der Waals surface area contributed by atoms with Gasteiger partial charge in [0.2, 0.25) is 0 Å². The van der Waals surface area contributed by atoms with Crippen molar-refractivity contribution in [3.63, 3.8) is 0 Å². The maximum absolute atomic E-state index is 12.7. The molecule has 1 aromatic carbocycles. The third-order valence-corrected chi connectivity index (χ3v) is 5.34. The molecule has 7 heteroatoms. The van der Waals surface area contributed by atoms with Crippen LogP contribution in [-0.2, 0) is 6.54 Å². The van der Waals surface area contributed by atoms with Gasteiger partial charge in [-0.2, -0.15) is 5.10 Å². The summed E-state index contributed by atoms with van der Waals surface area (Å²) in [5.41, 5.74) is 2.04. The Bertz CT molecular complexity index is 948.